The maximum Gasteiger partial charge on any atom is 0.277 e. The molecule has 1 amide bonds. The number of amides is 1. The molecule has 0 bridgehead atoms. The van der Waals surface area contributed by atoms with Crippen molar-refractivity contribution in [2.24, 2.45) is 5.10 Å². The summed E-state index contributed by atoms with van der Waals surface area (Å²) in [5.41, 5.74) is 3.99. The molecule has 0 unspecified atom stereocenters. The number of hydrogen-bond acceptors (Lipinski definition) is 4. The molecule has 25 heavy (non-hydrogen) atoms. The zero-order valence-corrected chi connectivity index (χ0v) is 15.4. The lowest BCUT2D eigenvalue weighted by Crippen LogP contribution is -2.25. The first kappa shape index (κ1) is 19.1. The Kier molecular flexibility index (Phi) is 7.10. The summed E-state index contributed by atoms with van der Waals surface area (Å²) in [4.78, 5) is 11.8. The minimum Gasteiger partial charge on any atom is -0.494 e. The van der Waals surface area contributed by atoms with Crippen LogP contribution in [-0.4, -0.2) is 24.8 Å². The van der Waals surface area contributed by atoms with Crippen LogP contribution in [0.5, 0.6) is 11.5 Å². The molecule has 0 spiro atoms. The van der Waals surface area contributed by atoms with Crippen LogP contribution in [0, 0.1) is 0 Å². The molecule has 2 rings (SSSR count). The Morgan fingerprint density at radius 1 is 1.12 bits per heavy atom. The lowest BCUT2D eigenvalue weighted by molar-refractivity contribution is -0.123. The summed E-state index contributed by atoms with van der Waals surface area (Å²) in [5, 5.41) is 4.90. The Hall–Kier alpha value is -2.24. The molecule has 0 saturated carbocycles. The Balaban J connectivity index is 1.88. The van der Waals surface area contributed by atoms with Gasteiger partial charge in [-0.05, 0) is 61.9 Å². The van der Waals surface area contributed by atoms with Crippen molar-refractivity contribution in [3.63, 3.8) is 0 Å². The first-order valence-corrected chi connectivity index (χ1v) is 8.39. The van der Waals surface area contributed by atoms with Crippen molar-refractivity contribution in [2.45, 2.75) is 13.8 Å². The lowest BCUT2D eigenvalue weighted by Gasteiger charge is -2.08. The SMILES string of the molecule is CCOc1ccc(/C(C)=N/NC(=O)COc2ccc(Cl)cc2Cl)cc1. The predicted molar refractivity (Wildman–Crippen MR) is 99.9 cm³/mol. The van der Waals surface area contributed by atoms with E-state index in [4.69, 9.17) is 32.7 Å². The third-order valence-corrected chi connectivity index (χ3v) is 3.71. The molecule has 7 heteroatoms. The fourth-order valence-electron chi connectivity index (χ4n) is 1.94. The van der Waals surface area contributed by atoms with Crippen LogP contribution in [-0.2, 0) is 4.79 Å². The molecule has 0 aromatic heterocycles. The largest absolute Gasteiger partial charge is 0.494 e. The van der Waals surface area contributed by atoms with Gasteiger partial charge >= 0.3 is 0 Å². The van der Waals surface area contributed by atoms with Crippen molar-refractivity contribution in [3.8, 4) is 11.5 Å². The van der Waals surface area contributed by atoms with E-state index in [1.54, 1.807) is 25.1 Å². The Morgan fingerprint density at radius 3 is 2.48 bits per heavy atom. The Morgan fingerprint density at radius 2 is 1.84 bits per heavy atom. The van der Waals surface area contributed by atoms with Crippen molar-refractivity contribution in [2.75, 3.05) is 13.2 Å². The maximum absolute atomic E-state index is 11.8. The van der Waals surface area contributed by atoms with Crippen LogP contribution < -0.4 is 14.9 Å². The van der Waals surface area contributed by atoms with Gasteiger partial charge in [-0.25, -0.2) is 5.43 Å². The van der Waals surface area contributed by atoms with Crippen LogP contribution in [0.1, 0.15) is 19.4 Å². The first-order chi connectivity index (χ1) is 12.0. The third kappa shape index (κ3) is 5.96. The van der Waals surface area contributed by atoms with Gasteiger partial charge in [-0.2, -0.15) is 5.10 Å². The maximum atomic E-state index is 11.8. The highest BCUT2D eigenvalue weighted by Crippen LogP contribution is 2.27. The average Bonchev–Trinajstić information content (AvgIpc) is 2.60. The number of hydrazone groups is 1. The second kappa shape index (κ2) is 9.30. The van der Waals surface area contributed by atoms with Crippen LogP contribution in [0.25, 0.3) is 0 Å². The molecule has 0 saturated heterocycles. The highest BCUT2D eigenvalue weighted by molar-refractivity contribution is 6.35. The fourth-order valence-corrected chi connectivity index (χ4v) is 2.40. The Labute approximate surface area is 156 Å². The molecule has 0 heterocycles. The van der Waals surface area contributed by atoms with Crippen molar-refractivity contribution in [1.29, 1.82) is 0 Å². The number of halogens is 2. The van der Waals surface area contributed by atoms with Gasteiger partial charge < -0.3 is 9.47 Å². The van der Waals surface area contributed by atoms with Gasteiger partial charge in [-0.15, -0.1) is 0 Å². The number of carbonyl (C=O) groups is 1. The van der Waals surface area contributed by atoms with Gasteiger partial charge in [0.25, 0.3) is 5.91 Å². The molecular formula is C18H18Cl2N2O3. The zero-order chi connectivity index (χ0) is 18.2. The molecule has 5 nitrogen and oxygen atoms in total. The van der Waals surface area contributed by atoms with E-state index in [0.717, 1.165) is 11.3 Å². The number of ether oxygens (including phenoxy) is 2. The van der Waals surface area contributed by atoms with Gasteiger partial charge in [0.05, 0.1) is 17.3 Å². The van der Waals surface area contributed by atoms with E-state index in [2.05, 4.69) is 10.5 Å². The van der Waals surface area contributed by atoms with E-state index in [1.807, 2.05) is 31.2 Å². The topological polar surface area (TPSA) is 59.9 Å². The number of rotatable bonds is 7. The second-order valence-electron chi connectivity index (χ2n) is 5.05. The van der Waals surface area contributed by atoms with E-state index in [9.17, 15) is 4.79 Å². The summed E-state index contributed by atoms with van der Waals surface area (Å²) in [7, 11) is 0. The molecule has 0 fully saturated rings. The summed E-state index contributed by atoms with van der Waals surface area (Å²) in [6.07, 6.45) is 0. The minimum atomic E-state index is -0.392. The lowest BCUT2D eigenvalue weighted by atomic mass is 10.1. The van der Waals surface area contributed by atoms with E-state index < -0.39 is 5.91 Å². The van der Waals surface area contributed by atoms with Crippen molar-refractivity contribution >= 4 is 34.8 Å². The highest BCUT2D eigenvalue weighted by Gasteiger charge is 2.06. The third-order valence-electron chi connectivity index (χ3n) is 3.18. The number of nitrogens with zero attached hydrogens (tertiary/aromatic N) is 1. The van der Waals surface area contributed by atoms with Crippen LogP contribution >= 0.6 is 23.2 Å². The molecule has 0 aliphatic rings. The van der Waals surface area contributed by atoms with E-state index >= 15 is 0 Å². The Bertz CT molecular complexity index is 761. The van der Waals surface area contributed by atoms with Crippen molar-refractivity contribution in [3.05, 3.63) is 58.1 Å². The summed E-state index contributed by atoms with van der Waals surface area (Å²) in [5.74, 6) is 0.779. The van der Waals surface area contributed by atoms with Gasteiger partial charge in [-0.3, -0.25) is 4.79 Å². The van der Waals surface area contributed by atoms with Crippen LogP contribution in [0.2, 0.25) is 10.0 Å². The number of carbonyl (C=O) groups excluding carboxylic acids is 1. The van der Waals surface area contributed by atoms with Crippen LogP contribution in [0.15, 0.2) is 47.6 Å². The molecule has 0 atom stereocenters. The first-order valence-electron chi connectivity index (χ1n) is 7.63. The van der Waals surface area contributed by atoms with Gasteiger partial charge in [0, 0.05) is 5.02 Å². The summed E-state index contributed by atoms with van der Waals surface area (Å²) in [6.45, 7) is 4.13. The molecule has 0 aliphatic heterocycles. The second-order valence-corrected chi connectivity index (χ2v) is 5.90. The normalized spacial score (nSPS) is 11.1. The van der Waals surface area contributed by atoms with Gasteiger partial charge in [0.1, 0.15) is 11.5 Å². The van der Waals surface area contributed by atoms with Crippen molar-refractivity contribution < 1.29 is 14.3 Å². The van der Waals surface area contributed by atoms with Gasteiger partial charge in [0.15, 0.2) is 6.61 Å². The van der Waals surface area contributed by atoms with Crippen LogP contribution in [0.4, 0.5) is 0 Å². The predicted octanol–water partition coefficient (Wildman–Crippen LogP) is 4.31. The number of benzene rings is 2. The van der Waals surface area contributed by atoms with E-state index in [1.165, 1.54) is 0 Å². The smallest absolute Gasteiger partial charge is 0.277 e. The number of nitrogens with one attached hydrogen (secondary N) is 1. The molecular weight excluding hydrogens is 363 g/mol. The standard InChI is InChI=1S/C18H18Cl2N2O3/c1-3-24-15-7-4-13(5-8-15)12(2)21-22-18(23)11-25-17-9-6-14(19)10-16(17)20/h4-10H,3,11H2,1-2H3,(H,22,23)/b21-12+. The molecule has 2 aromatic carbocycles. The van der Waals surface area contributed by atoms with Gasteiger partial charge in [-0.1, -0.05) is 23.2 Å². The quantitative estimate of drug-likeness (QED) is 0.574. The number of hydrogen-bond donors (Lipinski definition) is 1. The fraction of sp³-hybridized carbons (Fsp3) is 0.222. The molecule has 1 N–H and O–H groups in total. The summed E-state index contributed by atoms with van der Waals surface area (Å²) < 4.78 is 10.7. The highest BCUT2D eigenvalue weighted by atomic mass is 35.5. The molecule has 2 aromatic rings. The summed E-state index contributed by atoms with van der Waals surface area (Å²) in [6, 6.07) is 12.2. The average molecular weight is 381 g/mol. The molecule has 0 aliphatic carbocycles. The molecule has 132 valence electrons. The molecule has 0 radical (unpaired) electrons. The van der Waals surface area contributed by atoms with Crippen LogP contribution in [0.3, 0.4) is 0 Å². The zero-order valence-electron chi connectivity index (χ0n) is 13.9. The van der Waals surface area contributed by atoms with E-state index in [0.29, 0.717) is 28.1 Å². The monoisotopic (exact) mass is 380 g/mol. The van der Waals surface area contributed by atoms with E-state index in [-0.39, 0.29) is 6.61 Å². The summed E-state index contributed by atoms with van der Waals surface area (Å²) >= 11 is 11.8. The minimum absolute atomic E-state index is 0.207. The van der Waals surface area contributed by atoms with Gasteiger partial charge in [0.2, 0.25) is 0 Å². The van der Waals surface area contributed by atoms with Crippen molar-refractivity contribution in [1.82, 2.24) is 5.43 Å².